The maximum absolute atomic E-state index is 3.41. The van der Waals surface area contributed by atoms with Gasteiger partial charge in [-0.15, -0.1) is 0 Å². The van der Waals surface area contributed by atoms with Crippen molar-refractivity contribution in [1.82, 2.24) is 0 Å². The van der Waals surface area contributed by atoms with Crippen molar-refractivity contribution < 1.29 is 0 Å². The van der Waals surface area contributed by atoms with Crippen LogP contribution < -0.4 is 0 Å². The van der Waals surface area contributed by atoms with Crippen LogP contribution in [0.2, 0.25) is 0 Å². The van der Waals surface area contributed by atoms with Crippen molar-refractivity contribution in [2.24, 2.45) is 0 Å². The van der Waals surface area contributed by atoms with Crippen LogP contribution in [0.3, 0.4) is 0 Å². The topological polar surface area (TPSA) is 0 Å². The normalized spacial score (nSPS) is 16.0. The summed E-state index contributed by atoms with van der Waals surface area (Å²) in [4.78, 5) is 0. The molecule has 0 saturated heterocycles. The van der Waals surface area contributed by atoms with Gasteiger partial charge < -0.3 is 0 Å². The van der Waals surface area contributed by atoms with Gasteiger partial charge in [0.25, 0.3) is 0 Å². The highest BCUT2D eigenvalue weighted by Crippen LogP contribution is 2.43. The molecule has 2 aromatic rings. The molecular formula is C24H26. The number of benzene rings is 2. The van der Waals surface area contributed by atoms with Crippen LogP contribution in [0.1, 0.15) is 56.6 Å². The van der Waals surface area contributed by atoms with Gasteiger partial charge in [0.2, 0.25) is 0 Å². The lowest BCUT2D eigenvalue weighted by Gasteiger charge is -2.37. The fourth-order valence-electron chi connectivity index (χ4n) is 3.61. The van der Waals surface area contributed by atoms with Gasteiger partial charge in [0, 0.05) is 11.8 Å². The molecule has 1 aliphatic rings. The van der Waals surface area contributed by atoms with E-state index in [0.717, 1.165) is 25.7 Å². The quantitative estimate of drug-likeness (QED) is 0.460. The molecule has 1 aliphatic carbocycles. The van der Waals surface area contributed by atoms with Crippen LogP contribution >= 0.6 is 0 Å². The highest BCUT2D eigenvalue weighted by molar-refractivity contribution is 5.44. The van der Waals surface area contributed by atoms with Gasteiger partial charge in [-0.05, 0) is 42.4 Å². The molecule has 0 heteroatoms. The first-order chi connectivity index (χ1) is 11.8. The van der Waals surface area contributed by atoms with Crippen LogP contribution in [-0.4, -0.2) is 0 Å². The van der Waals surface area contributed by atoms with Gasteiger partial charge in [0.05, 0.1) is 0 Å². The molecule has 0 radical (unpaired) electrons. The van der Waals surface area contributed by atoms with Gasteiger partial charge in [0.1, 0.15) is 0 Å². The molecule has 0 aliphatic heterocycles. The maximum atomic E-state index is 3.41. The predicted octanol–water partition coefficient (Wildman–Crippen LogP) is 6.28. The zero-order chi connectivity index (χ0) is 16.7. The summed E-state index contributed by atoms with van der Waals surface area (Å²) in [6, 6.07) is 21.9. The first-order valence-electron chi connectivity index (χ1n) is 9.14. The van der Waals surface area contributed by atoms with E-state index in [2.05, 4.69) is 85.5 Å². The molecule has 122 valence electrons. The number of hydrogen-bond acceptors (Lipinski definition) is 0. The molecule has 0 unspecified atom stereocenters. The van der Waals surface area contributed by atoms with Gasteiger partial charge in [-0.25, -0.2) is 0 Å². The summed E-state index contributed by atoms with van der Waals surface area (Å²) < 4.78 is 0. The average molecular weight is 314 g/mol. The molecule has 0 fully saturated rings. The first kappa shape index (κ1) is 16.6. The smallest absolute Gasteiger partial charge is 0.0241 e. The van der Waals surface area contributed by atoms with E-state index in [1.807, 2.05) is 0 Å². The minimum Gasteiger partial charge on any atom is -0.0982 e. The summed E-state index contributed by atoms with van der Waals surface area (Å²) in [5, 5.41) is 0. The van der Waals surface area contributed by atoms with Gasteiger partial charge in [-0.3, -0.25) is 0 Å². The van der Waals surface area contributed by atoms with Crippen LogP contribution in [0, 0.1) is 11.8 Å². The van der Waals surface area contributed by atoms with Crippen LogP contribution in [-0.2, 0) is 5.41 Å². The third-order valence-electron chi connectivity index (χ3n) is 5.08. The van der Waals surface area contributed by atoms with Crippen LogP contribution in [0.15, 0.2) is 72.3 Å². The highest BCUT2D eigenvalue weighted by atomic mass is 14.4. The Bertz CT molecular complexity index is 686. The van der Waals surface area contributed by atoms with Gasteiger partial charge in [-0.1, -0.05) is 91.9 Å². The largest absolute Gasteiger partial charge is 0.0982 e. The zero-order valence-corrected chi connectivity index (χ0v) is 14.6. The van der Waals surface area contributed by atoms with Crippen molar-refractivity contribution in [2.75, 3.05) is 0 Å². The van der Waals surface area contributed by atoms with Crippen molar-refractivity contribution >= 4 is 0 Å². The molecule has 24 heavy (non-hydrogen) atoms. The molecule has 0 amide bonds. The van der Waals surface area contributed by atoms with Gasteiger partial charge >= 0.3 is 0 Å². The van der Waals surface area contributed by atoms with E-state index in [4.69, 9.17) is 0 Å². The van der Waals surface area contributed by atoms with E-state index in [1.165, 1.54) is 29.5 Å². The fraction of sp³-hybridized carbons (Fsp3) is 0.333. The minimum atomic E-state index is 0.0944. The van der Waals surface area contributed by atoms with E-state index in [1.54, 1.807) is 0 Å². The second kappa shape index (κ2) is 8.02. The zero-order valence-electron chi connectivity index (χ0n) is 14.6. The lowest BCUT2D eigenvalue weighted by Crippen LogP contribution is -2.29. The Balaban J connectivity index is 1.89. The fourth-order valence-corrected chi connectivity index (χ4v) is 3.61. The van der Waals surface area contributed by atoms with Crippen LogP contribution in [0.25, 0.3) is 0 Å². The summed E-state index contributed by atoms with van der Waals surface area (Å²) in [5.41, 5.74) is 4.27. The van der Waals surface area contributed by atoms with Crippen molar-refractivity contribution in [3.8, 4) is 11.8 Å². The molecule has 2 aromatic carbocycles. The van der Waals surface area contributed by atoms with E-state index in [-0.39, 0.29) is 5.41 Å². The second-order valence-corrected chi connectivity index (χ2v) is 6.65. The van der Waals surface area contributed by atoms with Gasteiger partial charge in [-0.2, -0.15) is 0 Å². The molecule has 0 aromatic heterocycles. The molecule has 3 rings (SSSR count). The molecule has 0 atom stereocenters. The Labute approximate surface area is 146 Å². The Morgan fingerprint density at radius 2 is 1.54 bits per heavy atom. The second-order valence-electron chi connectivity index (χ2n) is 6.65. The van der Waals surface area contributed by atoms with E-state index < -0.39 is 0 Å². The highest BCUT2D eigenvalue weighted by Gasteiger charge is 2.35. The summed E-state index contributed by atoms with van der Waals surface area (Å²) in [6.45, 7) is 2.22. The minimum absolute atomic E-state index is 0.0944. The number of allylic oxidation sites excluding steroid dienone is 2. The van der Waals surface area contributed by atoms with Gasteiger partial charge in [0.15, 0.2) is 0 Å². The summed E-state index contributed by atoms with van der Waals surface area (Å²) in [6.07, 6.45) is 9.08. The lowest BCUT2D eigenvalue weighted by atomic mass is 9.66. The third kappa shape index (κ3) is 3.62. The number of unbranched alkanes of at least 4 members (excludes halogenated alkanes) is 2. The van der Waals surface area contributed by atoms with Crippen LogP contribution in [0.5, 0.6) is 0 Å². The Morgan fingerprint density at radius 1 is 0.917 bits per heavy atom. The summed E-state index contributed by atoms with van der Waals surface area (Å²) >= 11 is 0. The van der Waals surface area contributed by atoms with E-state index in [0.29, 0.717) is 0 Å². The van der Waals surface area contributed by atoms with Crippen molar-refractivity contribution in [3.05, 3.63) is 83.4 Å². The van der Waals surface area contributed by atoms with Crippen molar-refractivity contribution in [2.45, 2.75) is 50.9 Å². The van der Waals surface area contributed by atoms with Crippen molar-refractivity contribution in [3.63, 3.8) is 0 Å². The summed E-state index contributed by atoms with van der Waals surface area (Å²) in [7, 11) is 0. The monoisotopic (exact) mass is 314 g/mol. The standard InChI is InChI=1S/C24H26/c1-2-3-4-7-12-21-17-19-24(20-18-21,22-13-8-5-9-14-22)23-15-10-6-11-16-23/h5-6,8-11,13-17H,2-4,18-20H2,1H3. The van der Waals surface area contributed by atoms with Crippen LogP contribution in [0.4, 0.5) is 0 Å². The Kier molecular flexibility index (Phi) is 5.55. The third-order valence-corrected chi connectivity index (χ3v) is 5.08. The molecule has 0 bridgehead atoms. The van der Waals surface area contributed by atoms with E-state index >= 15 is 0 Å². The average Bonchev–Trinajstić information content (AvgIpc) is 2.67. The molecule has 0 nitrogen and oxygen atoms in total. The molecule has 0 spiro atoms. The number of rotatable bonds is 4. The predicted molar refractivity (Wildman–Crippen MR) is 103 cm³/mol. The maximum Gasteiger partial charge on any atom is 0.0241 e. The lowest BCUT2D eigenvalue weighted by molar-refractivity contribution is 0.460. The first-order valence-corrected chi connectivity index (χ1v) is 9.14. The number of hydrogen-bond donors (Lipinski definition) is 0. The SMILES string of the molecule is CCCCC#CC1=CCC(c2ccccc2)(c2ccccc2)CC1. The Hall–Kier alpha value is -2.26. The van der Waals surface area contributed by atoms with Crippen molar-refractivity contribution in [1.29, 1.82) is 0 Å². The molecule has 0 heterocycles. The Morgan fingerprint density at radius 3 is 2.04 bits per heavy atom. The molecular weight excluding hydrogens is 288 g/mol. The summed E-state index contributed by atoms with van der Waals surface area (Å²) in [5.74, 6) is 6.75. The molecule has 0 N–H and O–H groups in total. The molecule has 0 saturated carbocycles. The van der Waals surface area contributed by atoms with E-state index in [9.17, 15) is 0 Å².